The molecular formula is C10H17ClSi. The van der Waals surface area contributed by atoms with E-state index in [0.717, 1.165) is 0 Å². The first-order valence-electron chi connectivity index (χ1n) is 4.72. The number of hydrogen-bond acceptors (Lipinski definition) is 0. The quantitative estimate of drug-likeness (QED) is 0.483. The Balaban J connectivity index is 2.47. The van der Waals surface area contributed by atoms with Gasteiger partial charge in [-0.2, -0.15) is 11.1 Å². The van der Waals surface area contributed by atoms with Crippen molar-refractivity contribution in [2.45, 2.75) is 38.7 Å². The van der Waals surface area contributed by atoms with Crippen LogP contribution in [0, 0.1) is 0 Å². The summed E-state index contributed by atoms with van der Waals surface area (Å²) in [6.45, 7) is 4.44. The zero-order chi connectivity index (χ0) is 8.97. The van der Waals surface area contributed by atoms with Gasteiger partial charge in [0.1, 0.15) is 8.83 Å². The zero-order valence-electron chi connectivity index (χ0n) is 7.94. The van der Waals surface area contributed by atoms with Crippen LogP contribution >= 0.6 is 11.1 Å². The molecule has 0 bridgehead atoms. The van der Waals surface area contributed by atoms with Crippen LogP contribution in [-0.4, -0.2) is 8.83 Å². The molecule has 0 amide bonds. The van der Waals surface area contributed by atoms with Gasteiger partial charge in [0.25, 0.3) is 0 Å². The molecular weight excluding hydrogens is 184 g/mol. The van der Waals surface area contributed by atoms with Crippen molar-refractivity contribution in [1.82, 2.24) is 0 Å². The van der Waals surface area contributed by atoms with Gasteiger partial charge < -0.3 is 0 Å². The first-order chi connectivity index (χ1) is 5.77. The van der Waals surface area contributed by atoms with E-state index >= 15 is 0 Å². The molecule has 12 heavy (non-hydrogen) atoms. The fraction of sp³-hybridized carbons (Fsp3) is 0.600. The first-order valence-corrected chi connectivity index (χ1v) is 7.68. The summed E-state index contributed by atoms with van der Waals surface area (Å²) >= 11 is 5.96. The second kappa shape index (κ2) is 4.88. The van der Waals surface area contributed by atoms with Crippen molar-refractivity contribution in [2.24, 2.45) is 0 Å². The van der Waals surface area contributed by atoms with Gasteiger partial charge in [-0.1, -0.05) is 36.6 Å². The summed E-state index contributed by atoms with van der Waals surface area (Å²) in [7, 11) is -0.385. The van der Waals surface area contributed by atoms with Crippen molar-refractivity contribution >= 4 is 19.9 Å². The van der Waals surface area contributed by atoms with Crippen molar-refractivity contribution in [3.05, 3.63) is 23.3 Å². The van der Waals surface area contributed by atoms with E-state index in [1.807, 2.05) is 0 Å². The maximum Gasteiger partial charge on any atom is 0.136 e. The van der Waals surface area contributed by atoms with Crippen LogP contribution < -0.4 is 0 Å². The molecule has 0 N–H and O–H groups in total. The summed E-state index contributed by atoms with van der Waals surface area (Å²) in [5, 5.41) is 0. The second-order valence-corrected chi connectivity index (χ2v) is 5.61. The van der Waals surface area contributed by atoms with Crippen LogP contribution in [0.4, 0.5) is 0 Å². The van der Waals surface area contributed by atoms with Crippen LogP contribution in [-0.2, 0) is 0 Å². The molecule has 0 aromatic carbocycles. The van der Waals surface area contributed by atoms with E-state index < -0.39 is 0 Å². The molecule has 0 aromatic rings. The topological polar surface area (TPSA) is 0 Å². The highest BCUT2D eigenvalue weighted by atomic mass is 35.6. The number of unbranched alkanes of at least 4 members (excludes halogenated alkanes) is 1. The molecule has 0 aromatic heterocycles. The van der Waals surface area contributed by atoms with Gasteiger partial charge in [0.05, 0.1) is 0 Å². The summed E-state index contributed by atoms with van der Waals surface area (Å²) in [5.41, 5.74) is 3.66. The molecule has 1 rings (SSSR count). The first kappa shape index (κ1) is 10.1. The monoisotopic (exact) mass is 200 g/mol. The van der Waals surface area contributed by atoms with Crippen LogP contribution in [0.1, 0.15) is 33.1 Å². The van der Waals surface area contributed by atoms with Gasteiger partial charge in [0.15, 0.2) is 0 Å². The van der Waals surface area contributed by atoms with E-state index in [4.69, 9.17) is 11.1 Å². The lowest BCUT2D eigenvalue weighted by Gasteiger charge is -2.01. The van der Waals surface area contributed by atoms with Crippen molar-refractivity contribution in [1.29, 1.82) is 0 Å². The molecule has 0 fully saturated rings. The van der Waals surface area contributed by atoms with E-state index in [2.05, 4.69) is 26.0 Å². The molecule has 0 nitrogen and oxygen atoms in total. The Morgan fingerprint density at radius 2 is 2.33 bits per heavy atom. The van der Waals surface area contributed by atoms with Crippen LogP contribution in [0.15, 0.2) is 23.3 Å². The van der Waals surface area contributed by atoms with Crippen LogP contribution in [0.5, 0.6) is 0 Å². The maximum atomic E-state index is 5.96. The SMILES string of the molecule is CCCCC1=CC([SiH2]Cl)C(C)=C1. The van der Waals surface area contributed by atoms with Crippen molar-refractivity contribution in [3.63, 3.8) is 0 Å². The van der Waals surface area contributed by atoms with Crippen molar-refractivity contribution < 1.29 is 0 Å². The predicted octanol–water partition coefficient (Wildman–Crippen LogP) is 3.17. The lowest BCUT2D eigenvalue weighted by atomic mass is 10.1. The number of rotatable bonds is 4. The number of allylic oxidation sites excluding steroid dienone is 4. The van der Waals surface area contributed by atoms with E-state index in [1.54, 1.807) is 0 Å². The van der Waals surface area contributed by atoms with Gasteiger partial charge in [0, 0.05) is 5.54 Å². The third-order valence-corrected chi connectivity index (χ3v) is 4.61. The van der Waals surface area contributed by atoms with E-state index in [1.165, 1.54) is 30.4 Å². The Morgan fingerprint density at radius 1 is 1.58 bits per heavy atom. The fourth-order valence-corrected chi connectivity index (χ4v) is 3.29. The second-order valence-electron chi connectivity index (χ2n) is 3.49. The third kappa shape index (κ3) is 2.49. The molecule has 0 aliphatic heterocycles. The lowest BCUT2D eigenvalue weighted by molar-refractivity contribution is 0.798. The molecule has 0 saturated carbocycles. The highest BCUT2D eigenvalue weighted by molar-refractivity contribution is 6.95. The Bertz CT molecular complexity index is 206. The molecule has 0 radical (unpaired) electrons. The highest BCUT2D eigenvalue weighted by Gasteiger charge is 2.14. The summed E-state index contributed by atoms with van der Waals surface area (Å²) in [4.78, 5) is 0. The average Bonchev–Trinajstić information content (AvgIpc) is 2.43. The zero-order valence-corrected chi connectivity index (χ0v) is 10.1. The minimum Gasteiger partial charge on any atom is -0.175 e. The van der Waals surface area contributed by atoms with Crippen LogP contribution in [0.25, 0.3) is 0 Å². The molecule has 0 heterocycles. The smallest absolute Gasteiger partial charge is 0.136 e. The highest BCUT2D eigenvalue weighted by Crippen LogP contribution is 2.30. The van der Waals surface area contributed by atoms with Crippen LogP contribution in [0.3, 0.4) is 0 Å². The normalized spacial score (nSPS) is 23.4. The Morgan fingerprint density at radius 3 is 2.83 bits per heavy atom. The molecule has 2 heteroatoms. The molecule has 1 unspecified atom stereocenters. The third-order valence-electron chi connectivity index (χ3n) is 2.40. The standard InChI is InChI=1S/C10H17ClSi/c1-3-4-5-9-6-8(2)10(7-9)12-11/h6-7,10H,3-5,12H2,1-2H3. The van der Waals surface area contributed by atoms with E-state index in [9.17, 15) is 0 Å². The molecule has 1 atom stereocenters. The van der Waals surface area contributed by atoms with E-state index in [0.29, 0.717) is 5.54 Å². The summed E-state index contributed by atoms with van der Waals surface area (Å²) in [6.07, 6.45) is 8.55. The maximum absolute atomic E-state index is 5.96. The van der Waals surface area contributed by atoms with E-state index in [-0.39, 0.29) is 8.83 Å². The Kier molecular flexibility index (Phi) is 4.09. The molecule has 0 saturated heterocycles. The van der Waals surface area contributed by atoms with Gasteiger partial charge >= 0.3 is 0 Å². The fourth-order valence-electron chi connectivity index (χ4n) is 1.54. The van der Waals surface area contributed by atoms with Gasteiger partial charge in [-0.25, -0.2) is 0 Å². The minimum atomic E-state index is -0.385. The Labute approximate surface area is 82.2 Å². The summed E-state index contributed by atoms with van der Waals surface area (Å²) in [6, 6.07) is 0. The van der Waals surface area contributed by atoms with Gasteiger partial charge in [0.2, 0.25) is 0 Å². The Hall–Kier alpha value is -0.0131. The van der Waals surface area contributed by atoms with Gasteiger partial charge in [-0.05, 0) is 19.8 Å². The lowest BCUT2D eigenvalue weighted by Crippen LogP contribution is -1.91. The largest absolute Gasteiger partial charge is 0.175 e. The van der Waals surface area contributed by atoms with Crippen molar-refractivity contribution in [2.75, 3.05) is 0 Å². The predicted molar refractivity (Wildman–Crippen MR) is 59.5 cm³/mol. The van der Waals surface area contributed by atoms with Gasteiger partial charge in [-0.3, -0.25) is 0 Å². The number of hydrogen-bond donors (Lipinski definition) is 0. The molecule has 0 spiro atoms. The van der Waals surface area contributed by atoms with Crippen molar-refractivity contribution in [3.8, 4) is 0 Å². The van der Waals surface area contributed by atoms with Crippen LogP contribution in [0.2, 0.25) is 5.54 Å². The minimum absolute atomic E-state index is 0.385. The van der Waals surface area contributed by atoms with Gasteiger partial charge in [-0.15, -0.1) is 0 Å². The molecule has 1 aliphatic rings. The molecule has 68 valence electrons. The number of halogens is 1. The summed E-state index contributed by atoms with van der Waals surface area (Å²) in [5.74, 6) is 0. The summed E-state index contributed by atoms with van der Waals surface area (Å²) < 4.78 is 0. The average molecular weight is 201 g/mol. The molecule has 1 aliphatic carbocycles.